The van der Waals surface area contributed by atoms with Gasteiger partial charge in [-0.2, -0.15) is 26.3 Å². The molecule has 10 heteroatoms. The molecule has 2 atom stereocenters. The van der Waals surface area contributed by atoms with E-state index in [9.17, 15) is 31.1 Å². The van der Waals surface area contributed by atoms with Crippen molar-refractivity contribution in [3.05, 3.63) is 70.8 Å². The molecule has 0 aliphatic rings. The molecule has 2 N–H and O–H groups in total. The second kappa shape index (κ2) is 10.4. The van der Waals surface area contributed by atoms with E-state index in [0.717, 1.165) is 0 Å². The Kier molecular flexibility index (Phi) is 8.30. The van der Waals surface area contributed by atoms with Crippen molar-refractivity contribution in [3.8, 4) is 0 Å². The summed E-state index contributed by atoms with van der Waals surface area (Å²) in [4.78, 5) is 14.8. The second-order valence-corrected chi connectivity index (χ2v) is 7.67. The molecule has 0 saturated heterocycles. The van der Waals surface area contributed by atoms with E-state index in [0.29, 0.717) is 30.8 Å². The fourth-order valence-electron chi connectivity index (χ4n) is 3.05. The van der Waals surface area contributed by atoms with Gasteiger partial charge in [0, 0.05) is 13.1 Å². The summed E-state index contributed by atoms with van der Waals surface area (Å²) in [5.41, 5.74) is -2.52. The summed E-state index contributed by atoms with van der Waals surface area (Å²) in [6, 6.07) is 8.04. The Balaban J connectivity index is 2.30. The van der Waals surface area contributed by atoms with Gasteiger partial charge in [0.1, 0.15) is 6.04 Å². The molecule has 0 aromatic heterocycles. The largest absolute Gasteiger partial charge is 0.416 e. The van der Waals surface area contributed by atoms with Crippen molar-refractivity contribution in [2.24, 2.45) is 0 Å². The number of hydrogen-bond acceptors (Lipinski definition) is 3. The van der Waals surface area contributed by atoms with Crippen LogP contribution in [-0.4, -0.2) is 38.0 Å². The predicted molar refractivity (Wildman–Crippen MR) is 109 cm³/mol. The molecule has 0 aliphatic carbocycles. The summed E-state index contributed by atoms with van der Waals surface area (Å²) in [7, 11) is 3.71. The third-order valence-corrected chi connectivity index (χ3v) is 4.77. The summed E-state index contributed by atoms with van der Waals surface area (Å²) < 4.78 is 78.9. The molecule has 176 valence electrons. The predicted octanol–water partition coefficient (Wildman–Crippen LogP) is 4.79. The van der Waals surface area contributed by atoms with Gasteiger partial charge in [-0.15, -0.1) is 0 Å². The molecular formula is C22H25F6N3O. The molecular weight excluding hydrogens is 436 g/mol. The van der Waals surface area contributed by atoms with Gasteiger partial charge >= 0.3 is 12.4 Å². The van der Waals surface area contributed by atoms with Gasteiger partial charge in [0.25, 0.3) is 0 Å². The molecule has 4 nitrogen and oxygen atoms in total. The van der Waals surface area contributed by atoms with E-state index >= 15 is 0 Å². The van der Waals surface area contributed by atoms with E-state index in [1.54, 1.807) is 30.3 Å². The third kappa shape index (κ3) is 7.23. The number of benzene rings is 2. The van der Waals surface area contributed by atoms with Crippen LogP contribution in [0.5, 0.6) is 0 Å². The lowest BCUT2D eigenvalue weighted by Gasteiger charge is -2.24. The fraction of sp³-hybridized carbons (Fsp3) is 0.409. The number of halogens is 6. The van der Waals surface area contributed by atoms with Crippen LogP contribution in [0.25, 0.3) is 0 Å². The minimum absolute atomic E-state index is 0.0631. The summed E-state index contributed by atoms with van der Waals surface area (Å²) in [6.45, 7) is 2.40. The fourth-order valence-corrected chi connectivity index (χ4v) is 3.05. The Labute approximate surface area is 182 Å². The van der Waals surface area contributed by atoms with Crippen molar-refractivity contribution in [1.29, 1.82) is 0 Å². The van der Waals surface area contributed by atoms with Crippen LogP contribution < -0.4 is 10.6 Å². The molecule has 1 unspecified atom stereocenters. The van der Waals surface area contributed by atoms with Gasteiger partial charge in [0.05, 0.1) is 17.2 Å². The number of likely N-dealkylation sites (N-methyl/N-ethyl adjacent to an activating group) is 1. The number of carbonyl (C=O) groups is 1. The third-order valence-electron chi connectivity index (χ3n) is 4.77. The molecule has 0 radical (unpaired) electrons. The average Bonchev–Trinajstić information content (AvgIpc) is 2.70. The topological polar surface area (TPSA) is 44.4 Å². The van der Waals surface area contributed by atoms with Gasteiger partial charge in [0.2, 0.25) is 5.91 Å². The van der Waals surface area contributed by atoms with Gasteiger partial charge in [-0.3, -0.25) is 4.79 Å². The van der Waals surface area contributed by atoms with Crippen molar-refractivity contribution in [2.45, 2.75) is 31.4 Å². The zero-order chi connectivity index (χ0) is 24.1. The number of hydrogen-bond donors (Lipinski definition) is 2. The molecule has 2 rings (SSSR count). The Hall–Kier alpha value is -2.59. The van der Waals surface area contributed by atoms with Crippen LogP contribution in [0.3, 0.4) is 0 Å². The first kappa shape index (κ1) is 25.7. The lowest BCUT2D eigenvalue weighted by Crippen LogP contribution is -2.41. The molecule has 0 fully saturated rings. The second-order valence-electron chi connectivity index (χ2n) is 7.67. The van der Waals surface area contributed by atoms with Gasteiger partial charge in [-0.05, 0) is 50.3 Å². The molecule has 0 saturated carbocycles. The first-order chi connectivity index (χ1) is 14.8. The van der Waals surface area contributed by atoms with Crippen molar-refractivity contribution < 1.29 is 31.1 Å². The number of rotatable bonds is 8. The smallest absolute Gasteiger partial charge is 0.348 e. The molecule has 0 aliphatic heterocycles. The van der Waals surface area contributed by atoms with E-state index < -0.39 is 41.5 Å². The van der Waals surface area contributed by atoms with Crippen LogP contribution >= 0.6 is 0 Å². The maximum absolute atomic E-state index is 13.1. The minimum atomic E-state index is -4.96. The quantitative estimate of drug-likeness (QED) is 0.556. The van der Waals surface area contributed by atoms with Crippen LogP contribution in [-0.2, 0) is 17.1 Å². The highest BCUT2D eigenvalue weighted by Gasteiger charge is 2.37. The standard InChI is InChI=1S/C22H25F6N3O/c1-14(16-11-17(21(23,24)25)13-18(12-16)22(26,27)28)30-20(32)19(29-9-10-31(2)3)15-7-5-4-6-8-15/h4-8,11-14,19,29H,9-10H2,1-3H3,(H,30,32)/t14?,19-/m0/s1. The minimum Gasteiger partial charge on any atom is -0.348 e. The summed E-state index contributed by atoms with van der Waals surface area (Å²) in [6.07, 6.45) is -9.92. The van der Waals surface area contributed by atoms with Crippen molar-refractivity contribution in [3.63, 3.8) is 0 Å². The van der Waals surface area contributed by atoms with E-state index in [-0.39, 0.29) is 11.6 Å². The monoisotopic (exact) mass is 461 g/mol. The van der Waals surface area contributed by atoms with Crippen LogP contribution in [0.1, 0.15) is 41.3 Å². The molecule has 0 spiro atoms. The van der Waals surface area contributed by atoms with Crippen molar-refractivity contribution >= 4 is 5.91 Å². The van der Waals surface area contributed by atoms with Crippen molar-refractivity contribution in [2.75, 3.05) is 27.2 Å². The van der Waals surface area contributed by atoms with Crippen LogP contribution in [0, 0.1) is 0 Å². The Bertz CT molecular complexity index is 865. The van der Waals surface area contributed by atoms with Gasteiger partial charge < -0.3 is 15.5 Å². The molecule has 0 bridgehead atoms. The summed E-state index contributed by atoms with van der Waals surface area (Å²) in [5, 5.41) is 5.62. The van der Waals surface area contributed by atoms with Crippen LogP contribution in [0.2, 0.25) is 0 Å². The van der Waals surface area contributed by atoms with E-state index in [1.165, 1.54) is 6.92 Å². The lowest BCUT2D eigenvalue weighted by atomic mass is 9.99. The van der Waals surface area contributed by atoms with Gasteiger partial charge in [0.15, 0.2) is 0 Å². The lowest BCUT2D eigenvalue weighted by molar-refractivity contribution is -0.143. The first-order valence-electron chi connectivity index (χ1n) is 9.82. The Morgan fingerprint density at radius 2 is 1.44 bits per heavy atom. The van der Waals surface area contributed by atoms with Crippen LogP contribution in [0.15, 0.2) is 48.5 Å². The first-order valence-corrected chi connectivity index (χ1v) is 9.82. The Morgan fingerprint density at radius 3 is 1.91 bits per heavy atom. The van der Waals surface area contributed by atoms with Gasteiger partial charge in [-0.1, -0.05) is 30.3 Å². The van der Waals surface area contributed by atoms with E-state index in [1.807, 2.05) is 19.0 Å². The number of nitrogens with zero attached hydrogens (tertiary/aromatic N) is 1. The maximum atomic E-state index is 13.1. The Morgan fingerprint density at radius 1 is 0.906 bits per heavy atom. The number of alkyl halides is 6. The van der Waals surface area contributed by atoms with Gasteiger partial charge in [-0.25, -0.2) is 0 Å². The highest BCUT2D eigenvalue weighted by Crippen LogP contribution is 2.37. The highest BCUT2D eigenvalue weighted by atomic mass is 19.4. The van der Waals surface area contributed by atoms with Crippen LogP contribution in [0.4, 0.5) is 26.3 Å². The number of carbonyl (C=O) groups excluding carboxylic acids is 1. The molecule has 32 heavy (non-hydrogen) atoms. The zero-order valence-corrected chi connectivity index (χ0v) is 17.8. The van der Waals surface area contributed by atoms with Crippen molar-refractivity contribution in [1.82, 2.24) is 15.5 Å². The summed E-state index contributed by atoms with van der Waals surface area (Å²) in [5.74, 6) is -0.562. The highest BCUT2D eigenvalue weighted by molar-refractivity contribution is 5.83. The van der Waals surface area contributed by atoms with E-state index in [4.69, 9.17) is 0 Å². The molecule has 2 aromatic rings. The number of nitrogens with one attached hydrogen (secondary N) is 2. The molecule has 2 aromatic carbocycles. The SMILES string of the molecule is CC(NC(=O)[C@@H](NCCN(C)C)c1ccccc1)c1cc(C(F)(F)F)cc(C(F)(F)F)c1. The molecule has 0 heterocycles. The summed E-state index contributed by atoms with van der Waals surface area (Å²) >= 11 is 0. The average molecular weight is 461 g/mol. The number of amides is 1. The zero-order valence-electron chi connectivity index (χ0n) is 17.8. The van der Waals surface area contributed by atoms with E-state index in [2.05, 4.69) is 10.6 Å². The maximum Gasteiger partial charge on any atom is 0.416 e. The normalized spacial score (nSPS) is 14.3. The molecule has 1 amide bonds.